The fourth-order valence-corrected chi connectivity index (χ4v) is 4.95. The highest BCUT2D eigenvalue weighted by Gasteiger charge is 2.27. The molecule has 1 aliphatic rings. The molecule has 1 aliphatic heterocycles. The van der Waals surface area contributed by atoms with Gasteiger partial charge in [-0.2, -0.15) is 4.31 Å². The Kier molecular flexibility index (Phi) is 7.81. The first kappa shape index (κ1) is 23.7. The second-order valence-electron chi connectivity index (χ2n) is 7.10. The zero-order valence-corrected chi connectivity index (χ0v) is 19.2. The van der Waals surface area contributed by atoms with Crippen molar-refractivity contribution >= 4 is 15.9 Å². The van der Waals surface area contributed by atoms with Crippen molar-refractivity contribution in [1.82, 2.24) is 9.62 Å². The average Bonchev–Trinajstić information content (AvgIpc) is 3.37. The molecule has 1 N–H and O–H groups in total. The fourth-order valence-electron chi connectivity index (χ4n) is 3.43. The van der Waals surface area contributed by atoms with E-state index in [1.54, 1.807) is 24.3 Å². The summed E-state index contributed by atoms with van der Waals surface area (Å²) in [4.78, 5) is 12.7. The van der Waals surface area contributed by atoms with E-state index in [2.05, 4.69) is 5.32 Å². The lowest BCUT2D eigenvalue weighted by atomic mass is 10.1. The predicted octanol–water partition coefficient (Wildman–Crippen LogP) is 2.31. The predicted molar refractivity (Wildman–Crippen MR) is 118 cm³/mol. The standard InChI is InChI=1S/C22H28N2O7S/c1-28-19-14-16(15-20(29-2)21(19)30-3)22(25)23-10-13-31-17-6-8-18(9-7-17)32(26,27)24-11-4-5-12-24/h6-9,14-15H,4-5,10-13H2,1-3H3,(H,23,25). The zero-order chi connectivity index (χ0) is 23.1. The highest BCUT2D eigenvalue weighted by Crippen LogP contribution is 2.38. The summed E-state index contributed by atoms with van der Waals surface area (Å²) in [5.41, 5.74) is 0.357. The van der Waals surface area contributed by atoms with Gasteiger partial charge in [-0.05, 0) is 49.2 Å². The maximum atomic E-state index is 12.6. The normalized spacial score (nSPS) is 14.1. The van der Waals surface area contributed by atoms with Crippen molar-refractivity contribution in [3.63, 3.8) is 0 Å². The molecule has 32 heavy (non-hydrogen) atoms. The van der Waals surface area contributed by atoms with Crippen LogP contribution in [0.3, 0.4) is 0 Å². The van der Waals surface area contributed by atoms with Crippen LogP contribution in [0.1, 0.15) is 23.2 Å². The smallest absolute Gasteiger partial charge is 0.251 e. The minimum atomic E-state index is -3.45. The topological polar surface area (TPSA) is 103 Å². The number of carbonyl (C=O) groups excluding carboxylic acids is 1. The van der Waals surface area contributed by atoms with Crippen LogP contribution < -0.4 is 24.3 Å². The van der Waals surface area contributed by atoms with Gasteiger partial charge in [-0.15, -0.1) is 0 Å². The molecular formula is C22H28N2O7S. The van der Waals surface area contributed by atoms with Gasteiger partial charge in [0.25, 0.3) is 5.91 Å². The SMILES string of the molecule is COc1cc(C(=O)NCCOc2ccc(S(=O)(=O)N3CCCC3)cc2)cc(OC)c1OC. The van der Waals surface area contributed by atoms with E-state index in [4.69, 9.17) is 18.9 Å². The third-order valence-corrected chi connectivity index (χ3v) is 7.02. The largest absolute Gasteiger partial charge is 0.493 e. The van der Waals surface area contributed by atoms with Gasteiger partial charge >= 0.3 is 0 Å². The molecule has 3 rings (SSSR count). The monoisotopic (exact) mass is 464 g/mol. The highest BCUT2D eigenvalue weighted by atomic mass is 32.2. The van der Waals surface area contributed by atoms with Crippen LogP contribution in [0.25, 0.3) is 0 Å². The van der Waals surface area contributed by atoms with Gasteiger partial charge < -0.3 is 24.3 Å². The van der Waals surface area contributed by atoms with E-state index < -0.39 is 10.0 Å². The molecule has 9 nitrogen and oxygen atoms in total. The first-order chi connectivity index (χ1) is 15.4. The van der Waals surface area contributed by atoms with Crippen molar-refractivity contribution in [1.29, 1.82) is 0 Å². The van der Waals surface area contributed by atoms with Gasteiger partial charge in [0.15, 0.2) is 11.5 Å². The van der Waals surface area contributed by atoms with Crippen LogP contribution in [0.15, 0.2) is 41.3 Å². The molecule has 1 saturated heterocycles. The van der Waals surface area contributed by atoms with E-state index in [1.807, 2.05) is 0 Å². The molecule has 1 heterocycles. The summed E-state index contributed by atoms with van der Waals surface area (Å²) in [6.07, 6.45) is 1.78. The van der Waals surface area contributed by atoms with Crippen LogP contribution in [-0.4, -0.2) is 66.2 Å². The molecule has 1 amide bonds. The number of hydrogen-bond donors (Lipinski definition) is 1. The van der Waals surface area contributed by atoms with Gasteiger partial charge in [-0.3, -0.25) is 4.79 Å². The second-order valence-corrected chi connectivity index (χ2v) is 9.04. The molecule has 0 aliphatic carbocycles. The minimum absolute atomic E-state index is 0.217. The first-order valence-corrected chi connectivity index (χ1v) is 11.7. The van der Waals surface area contributed by atoms with E-state index in [-0.39, 0.29) is 24.0 Å². The summed E-state index contributed by atoms with van der Waals surface area (Å²) in [6, 6.07) is 9.44. The van der Waals surface area contributed by atoms with Crippen LogP contribution in [0.4, 0.5) is 0 Å². The summed E-state index contributed by atoms with van der Waals surface area (Å²) < 4.78 is 48.0. The molecule has 0 saturated carbocycles. The molecule has 1 fully saturated rings. The lowest BCUT2D eigenvalue weighted by Crippen LogP contribution is -2.28. The Bertz CT molecular complexity index is 1010. The van der Waals surface area contributed by atoms with Gasteiger partial charge in [-0.25, -0.2) is 8.42 Å². The Balaban J connectivity index is 1.53. The number of benzene rings is 2. The van der Waals surface area contributed by atoms with E-state index in [9.17, 15) is 13.2 Å². The number of rotatable bonds is 10. The summed E-state index contributed by atoms with van der Waals surface area (Å²) >= 11 is 0. The average molecular weight is 465 g/mol. The number of nitrogens with one attached hydrogen (secondary N) is 1. The third kappa shape index (κ3) is 5.25. The Morgan fingerprint density at radius 1 is 0.969 bits per heavy atom. The molecule has 0 bridgehead atoms. The summed E-state index contributed by atoms with van der Waals surface area (Å²) in [6.45, 7) is 1.59. The van der Waals surface area contributed by atoms with Gasteiger partial charge in [-0.1, -0.05) is 0 Å². The maximum Gasteiger partial charge on any atom is 0.251 e. The zero-order valence-electron chi connectivity index (χ0n) is 18.4. The van der Waals surface area contributed by atoms with Crippen molar-refractivity contribution in [3.8, 4) is 23.0 Å². The van der Waals surface area contributed by atoms with Crippen LogP contribution >= 0.6 is 0 Å². The Hall–Kier alpha value is -2.98. The number of amides is 1. The molecule has 0 aromatic heterocycles. The van der Waals surface area contributed by atoms with Crippen molar-refractivity contribution in [2.45, 2.75) is 17.7 Å². The molecular weight excluding hydrogens is 436 g/mol. The lowest BCUT2D eigenvalue weighted by molar-refractivity contribution is 0.0946. The number of methoxy groups -OCH3 is 3. The van der Waals surface area contributed by atoms with Crippen molar-refractivity contribution < 1.29 is 32.2 Å². The second kappa shape index (κ2) is 10.6. The quantitative estimate of drug-likeness (QED) is 0.538. The van der Waals surface area contributed by atoms with E-state index >= 15 is 0 Å². The van der Waals surface area contributed by atoms with Crippen LogP contribution in [0, 0.1) is 0 Å². The van der Waals surface area contributed by atoms with E-state index in [0.29, 0.717) is 41.7 Å². The van der Waals surface area contributed by atoms with Crippen molar-refractivity contribution in [2.75, 3.05) is 47.6 Å². The number of hydrogen-bond acceptors (Lipinski definition) is 7. The molecule has 0 spiro atoms. The number of nitrogens with zero attached hydrogens (tertiary/aromatic N) is 1. The molecule has 0 atom stereocenters. The van der Waals surface area contributed by atoms with Crippen molar-refractivity contribution in [2.24, 2.45) is 0 Å². The third-order valence-electron chi connectivity index (χ3n) is 5.11. The molecule has 2 aromatic carbocycles. The summed E-state index contributed by atoms with van der Waals surface area (Å²) in [5, 5.41) is 2.76. The summed E-state index contributed by atoms with van der Waals surface area (Å²) in [5.74, 6) is 1.38. The Labute approximate surface area is 188 Å². The highest BCUT2D eigenvalue weighted by molar-refractivity contribution is 7.89. The van der Waals surface area contributed by atoms with Crippen LogP contribution in [0.5, 0.6) is 23.0 Å². The van der Waals surface area contributed by atoms with Gasteiger partial charge in [0.2, 0.25) is 15.8 Å². The molecule has 10 heteroatoms. The fraction of sp³-hybridized carbons (Fsp3) is 0.409. The Morgan fingerprint density at radius 2 is 1.56 bits per heavy atom. The Morgan fingerprint density at radius 3 is 2.09 bits per heavy atom. The van der Waals surface area contributed by atoms with E-state index in [1.165, 1.54) is 37.8 Å². The summed E-state index contributed by atoms with van der Waals surface area (Å²) in [7, 11) is 1.01. The van der Waals surface area contributed by atoms with Crippen LogP contribution in [-0.2, 0) is 10.0 Å². The minimum Gasteiger partial charge on any atom is -0.493 e. The maximum absolute atomic E-state index is 12.6. The van der Waals surface area contributed by atoms with Gasteiger partial charge in [0.05, 0.1) is 32.8 Å². The number of sulfonamides is 1. The van der Waals surface area contributed by atoms with E-state index in [0.717, 1.165) is 12.8 Å². The van der Waals surface area contributed by atoms with Crippen molar-refractivity contribution in [3.05, 3.63) is 42.0 Å². The molecule has 0 unspecified atom stereocenters. The molecule has 2 aromatic rings. The van der Waals surface area contributed by atoms with Gasteiger partial charge in [0.1, 0.15) is 12.4 Å². The first-order valence-electron chi connectivity index (χ1n) is 10.2. The lowest BCUT2D eigenvalue weighted by Gasteiger charge is -2.16. The number of carbonyl (C=O) groups is 1. The van der Waals surface area contributed by atoms with Crippen LogP contribution in [0.2, 0.25) is 0 Å². The van der Waals surface area contributed by atoms with Gasteiger partial charge in [0, 0.05) is 18.7 Å². The molecule has 174 valence electrons. The number of ether oxygens (including phenoxy) is 4. The molecule has 0 radical (unpaired) electrons.